The number of nitrogens with zero attached hydrogens (tertiary/aromatic N) is 3. The van der Waals surface area contributed by atoms with Crippen molar-refractivity contribution in [3.8, 4) is 5.88 Å². The predicted molar refractivity (Wildman–Crippen MR) is 67.7 cm³/mol. The molecular formula is C11H20N4O3. The summed E-state index contributed by atoms with van der Waals surface area (Å²) in [5, 5.41) is 3.80. The van der Waals surface area contributed by atoms with Gasteiger partial charge in [0.25, 0.3) is 5.88 Å². The molecule has 0 aliphatic heterocycles. The zero-order valence-corrected chi connectivity index (χ0v) is 11.3. The maximum Gasteiger partial charge on any atom is 0.347 e. The Morgan fingerprint density at radius 3 is 2.33 bits per heavy atom. The van der Waals surface area contributed by atoms with E-state index in [0.717, 1.165) is 22.1 Å². The minimum atomic E-state index is -0.548. The highest BCUT2D eigenvalue weighted by Crippen LogP contribution is 2.11. The monoisotopic (exact) mass is 256 g/mol. The van der Waals surface area contributed by atoms with E-state index in [-0.39, 0.29) is 12.5 Å². The third-order valence-electron chi connectivity index (χ3n) is 3.20. The van der Waals surface area contributed by atoms with Gasteiger partial charge in [0.2, 0.25) is 0 Å². The predicted octanol–water partition coefficient (Wildman–Crippen LogP) is -0.625. The molecule has 1 rings (SSSR count). The van der Waals surface area contributed by atoms with Crippen molar-refractivity contribution in [2.24, 2.45) is 19.8 Å². The van der Waals surface area contributed by atoms with Crippen molar-refractivity contribution in [3.63, 3.8) is 0 Å². The van der Waals surface area contributed by atoms with Crippen LogP contribution in [0.4, 0.5) is 0 Å². The lowest BCUT2D eigenvalue weighted by atomic mass is 9.96. The molecule has 18 heavy (non-hydrogen) atoms. The van der Waals surface area contributed by atoms with E-state index >= 15 is 0 Å². The van der Waals surface area contributed by atoms with E-state index in [1.165, 1.54) is 14.1 Å². The van der Waals surface area contributed by atoms with E-state index in [1.807, 2.05) is 13.8 Å². The summed E-state index contributed by atoms with van der Waals surface area (Å²) in [6, 6.07) is 0. The van der Waals surface area contributed by atoms with Crippen molar-refractivity contribution in [1.29, 1.82) is 0 Å². The summed E-state index contributed by atoms with van der Waals surface area (Å²) in [5.74, 6) is -0.101. The molecule has 1 aromatic rings. The molecule has 0 saturated carbocycles. The number of aromatic nitrogens is 3. The summed E-state index contributed by atoms with van der Waals surface area (Å²) in [7, 11) is 2.85. The Morgan fingerprint density at radius 1 is 1.28 bits per heavy atom. The lowest BCUT2D eigenvalue weighted by Gasteiger charge is -2.25. The fourth-order valence-corrected chi connectivity index (χ4v) is 1.43. The lowest BCUT2D eigenvalue weighted by molar-refractivity contribution is 0.192. The van der Waals surface area contributed by atoms with Gasteiger partial charge in [0.1, 0.15) is 6.61 Å². The second-order valence-corrected chi connectivity index (χ2v) is 4.43. The molecule has 0 bridgehead atoms. The molecule has 7 nitrogen and oxygen atoms in total. The molecule has 0 amide bonds. The van der Waals surface area contributed by atoms with Gasteiger partial charge in [0.15, 0.2) is 0 Å². The SMILES string of the molecule is CCC(N)(CC)COc1nn(C)c(=O)n(C)c1=O. The highest BCUT2D eigenvalue weighted by atomic mass is 16.5. The van der Waals surface area contributed by atoms with Gasteiger partial charge in [-0.05, 0) is 12.8 Å². The van der Waals surface area contributed by atoms with Crippen LogP contribution in [0.3, 0.4) is 0 Å². The Balaban J connectivity index is 3.00. The van der Waals surface area contributed by atoms with Crippen molar-refractivity contribution in [2.75, 3.05) is 6.61 Å². The normalized spacial score (nSPS) is 11.6. The molecule has 0 radical (unpaired) electrons. The minimum absolute atomic E-state index is 0.101. The number of hydrogen-bond donors (Lipinski definition) is 1. The molecule has 0 aliphatic rings. The molecule has 0 aromatic carbocycles. The maximum absolute atomic E-state index is 11.8. The van der Waals surface area contributed by atoms with E-state index in [9.17, 15) is 9.59 Å². The van der Waals surface area contributed by atoms with Gasteiger partial charge in [-0.1, -0.05) is 13.8 Å². The fraction of sp³-hybridized carbons (Fsp3) is 0.727. The van der Waals surface area contributed by atoms with E-state index in [4.69, 9.17) is 10.5 Å². The van der Waals surface area contributed by atoms with Crippen LogP contribution in [0.2, 0.25) is 0 Å². The van der Waals surface area contributed by atoms with E-state index < -0.39 is 16.8 Å². The molecule has 0 fully saturated rings. The first kappa shape index (κ1) is 14.4. The van der Waals surface area contributed by atoms with Crippen LogP contribution in [0.5, 0.6) is 5.88 Å². The molecule has 102 valence electrons. The zero-order chi connectivity index (χ0) is 13.9. The molecule has 0 aliphatic carbocycles. The van der Waals surface area contributed by atoms with Crippen LogP contribution in [0, 0.1) is 0 Å². The van der Waals surface area contributed by atoms with Crippen LogP contribution in [0.1, 0.15) is 26.7 Å². The van der Waals surface area contributed by atoms with E-state index in [2.05, 4.69) is 5.10 Å². The number of nitrogens with two attached hydrogens (primary N) is 1. The standard InChI is InChI=1S/C11H20N4O3/c1-5-11(12,6-2)7-18-8-9(16)14(3)10(17)15(4)13-8/h5-7,12H2,1-4H3. The van der Waals surface area contributed by atoms with Crippen molar-refractivity contribution in [1.82, 2.24) is 14.3 Å². The minimum Gasteiger partial charge on any atom is -0.471 e. The topological polar surface area (TPSA) is 92.1 Å². The first-order valence-electron chi connectivity index (χ1n) is 5.90. The molecule has 0 saturated heterocycles. The van der Waals surface area contributed by atoms with Crippen LogP contribution >= 0.6 is 0 Å². The number of hydrogen-bond acceptors (Lipinski definition) is 5. The second-order valence-electron chi connectivity index (χ2n) is 4.43. The number of ether oxygens (including phenoxy) is 1. The molecule has 0 unspecified atom stereocenters. The average molecular weight is 256 g/mol. The molecule has 0 atom stereocenters. The van der Waals surface area contributed by atoms with Crippen LogP contribution in [-0.4, -0.2) is 26.5 Å². The summed E-state index contributed by atoms with van der Waals surface area (Å²) in [4.78, 5) is 23.2. The highest BCUT2D eigenvalue weighted by molar-refractivity contribution is 5.02. The first-order chi connectivity index (χ1) is 8.34. The maximum atomic E-state index is 11.8. The van der Waals surface area contributed by atoms with E-state index in [0.29, 0.717) is 0 Å². The summed E-state index contributed by atoms with van der Waals surface area (Å²) >= 11 is 0. The third kappa shape index (κ3) is 2.79. The Morgan fingerprint density at radius 2 is 1.83 bits per heavy atom. The quantitative estimate of drug-likeness (QED) is 0.757. The highest BCUT2D eigenvalue weighted by Gasteiger charge is 2.22. The number of aryl methyl sites for hydroxylation is 1. The van der Waals surface area contributed by atoms with Crippen LogP contribution in [0.15, 0.2) is 9.59 Å². The summed E-state index contributed by atoms with van der Waals surface area (Å²) in [6.45, 7) is 4.11. The molecule has 1 aromatic heterocycles. The molecule has 7 heteroatoms. The zero-order valence-electron chi connectivity index (χ0n) is 11.3. The van der Waals surface area contributed by atoms with Gasteiger partial charge in [0, 0.05) is 19.6 Å². The van der Waals surface area contributed by atoms with Crippen molar-refractivity contribution in [2.45, 2.75) is 32.2 Å². The van der Waals surface area contributed by atoms with Crippen LogP contribution in [-0.2, 0) is 14.1 Å². The van der Waals surface area contributed by atoms with Gasteiger partial charge in [-0.2, -0.15) is 0 Å². The molecule has 2 N–H and O–H groups in total. The largest absolute Gasteiger partial charge is 0.471 e. The Hall–Kier alpha value is -1.63. The van der Waals surface area contributed by atoms with Crippen LogP contribution < -0.4 is 21.7 Å². The smallest absolute Gasteiger partial charge is 0.347 e. The van der Waals surface area contributed by atoms with Gasteiger partial charge in [0.05, 0.1) is 0 Å². The molecular weight excluding hydrogens is 236 g/mol. The van der Waals surface area contributed by atoms with Crippen molar-refractivity contribution >= 4 is 0 Å². The summed E-state index contributed by atoms with van der Waals surface area (Å²) in [5.41, 5.74) is 4.55. The first-order valence-corrected chi connectivity index (χ1v) is 5.90. The van der Waals surface area contributed by atoms with E-state index in [1.54, 1.807) is 0 Å². The Kier molecular flexibility index (Phi) is 4.28. The fourth-order valence-electron chi connectivity index (χ4n) is 1.43. The van der Waals surface area contributed by atoms with Crippen LogP contribution in [0.25, 0.3) is 0 Å². The Labute approximate surface area is 105 Å². The molecule has 1 heterocycles. The van der Waals surface area contributed by atoms with Gasteiger partial charge in [-0.3, -0.25) is 9.36 Å². The van der Waals surface area contributed by atoms with Crippen molar-refractivity contribution < 1.29 is 4.74 Å². The number of rotatable bonds is 5. The molecule has 0 spiro atoms. The lowest BCUT2D eigenvalue weighted by Crippen LogP contribution is -2.46. The second kappa shape index (κ2) is 5.34. The van der Waals surface area contributed by atoms with Gasteiger partial charge in [-0.25, -0.2) is 9.48 Å². The summed E-state index contributed by atoms with van der Waals surface area (Å²) in [6.07, 6.45) is 1.46. The Bertz CT molecular complexity index is 528. The third-order valence-corrected chi connectivity index (χ3v) is 3.20. The van der Waals surface area contributed by atoms with Gasteiger partial charge in [-0.15, -0.1) is 5.10 Å². The van der Waals surface area contributed by atoms with Gasteiger partial charge >= 0.3 is 11.2 Å². The summed E-state index contributed by atoms with van der Waals surface area (Å²) < 4.78 is 7.39. The average Bonchev–Trinajstić information content (AvgIpc) is 2.38. The van der Waals surface area contributed by atoms with Crippen molar-refractivity contribution in [3.05, 3.63) is 20.8 Å². The van der Waals surface area contributed by atoms with Gasteiger partial charge < -0.3 is 10.5 Å².